The Balaban J connectivity index is 2.22. The van der Waals surface area contributed by atoms with E-state index >= 15 is 0 Å². The van der Waals surface area contributed by atoms with Gasteiger partial charge in [0, 0.05) is 6.10 Å². The zero-order valence-corrected chi connectivity index (χ0v) is 16.9. The molecule has 5 heteroatoms. The van der Waals surface area contributed by atoms with Crippen LogP contribution in [0.25, 0.3) is 0 Å². The summed E-state index contributed by atoms with van der Waals surface area (Å²) in [6.07, 6.45) is 7.85. The van der Waals surface area contributed by atoms with Gasteiger partial charge in [0.15, 0.2) is 0 Å². The lowest BCUT2D eigenvalue weighted by atomic mass is 9.70. The van der Waals surface area contributed by atoms with Gasteiger partial charge in [0.1, 0.15) is 0 Å². The van der Waals surface area contributed by atoms with Gasteiger partial charge in [-0.25, -0.2) is 0 Å². The van der Waals surface area contributed by atoms with Gasteiger partial charge in [-0.15, -0.1) is 0 Å². The maximum Gasteiger partial charge on any atom is 0.318 e. The summed E-state index contributed by atoms with van der Waals surface area (Å²) >= 11 is 0. The number of carbonyl (C=O) groups excluding carboxylic acids is 1. The molecule has 0 saturated heterocycles. The predicted octanol–water partition coefficient (Wildman–Crippen LogP) is 4.42. The zero-order valence-electron chi connectivity index (χ0n) is 14.9. The van der Waals surface area contributed by atoms with Crippen LogP contribution in [0.15, 0.2) is 0 Å². The van der Waals surface area contributed by atoms with Gasteiger partial charge in [-0.05, 0) is 56.5 Å². The van der Waals surface area contributed by atoms with Crippen LogP contribution in [0.1, 0.15) is 73.1 Å². The second-order valence-corrected chi connectivity index (χ2v) is 9.13. The first-order chi connectivity index (χ1) is 10.4. The normalized spacial score (nSPS) is 20.1. The van der Waals surface area contributed by atoms with Crippen molar-refractivity contribution >= 4 is 25.5 Å². The van der Waals surface area contributed by atoms with E-state index in [2.05, 4.69) is 13.8 Å². The fourth-order valence-corrected chi connectivity index (χ4v) is 4.82. The minimum absolute atomic E-state index is 0.0407. The van der Waals surface area contributed by atoms with Crippen LogP contribution in [0, 0.1) is 11.3 Å². The van der Waals surface area contributed by atoms with Crippen molar-refractivity contribution in [1.82, 2.24) is 0 Å². The summed E-state index contributed by atoms with van der Waals surface area (Å²) in [5, 5.41) is 0. The first-order valence-corrected chi connectivity index (χ1v) is 10.9. The second kappa shape index (κ2) is 9.88. The Labute approximate surface area is 141 Å². The van der Waals surface area contributed by atoms with Crippen LogP contribution < -0.4 is 0 Å². The Kier molecular flexibility index (Phi) is 8.94. The van der Waals surface area contributed by atoms with Crippen molar-refractivity contribution in [2.45, 2.75) is 90.8 Å². The second-order valence-electron chi connectivity index (χ2n) is 6.94. The van der Waals surface area contributed by atoms with Gasteiger partial charge in [0.2, 0.25) is 9.76 Å². The van der Waals surface area contributed by atoms with E-state index in [1.54, 1.807) is 0 Å². The Morgan fingerprint density at radius 3 is 2.27 bits per heavy atom. The highest BCUT2D eigenvalue weighted by Crippen LogP contribution is 2.45. The van der Waals surface area contributed by atoms with E-state index < -0.39 is 0 Å². The monoisotopic (exact) mass is 340 g/mol. The largest absolute Gasteiger partial charge is 0.516 e. The molecule has 1 saturated carbocycles. The lowest BCUT2D eigenvalue weighted by molar-refractivity contribution is -0.137. The number of rotatable bonds is 9. The molecule has 126 valence electrons. The third kappa shape index (κ3) is 6.54. The van der Waals surface area contributed by atoms with Crippen molar-refractivity contribution in [3.05, 3.63) is 0 Å². The zero-order chi connectivity index (χ0) is 16.6. The summed E-state index contributed by atoms with van der Waals surface area (Å²) in [4.78, 5) is 12.0. The molecular formula is C17H32O3Si2. The summed E-state index contributed by atoms with van der Waals surface area (Å²) in [5.74, 6) is -0.0837. The van der Waals surface area contributed by atoms with Crippen molar-refractivity contribution in [2.24, 2.45) is 11.3 Å². The molecule has 4 radical (unpaired) electrons. The summed E-state index contributed by atoms with van der Waals surface area (Å²) in [5.41, 5.74) is 1.16. The van der Waals surface area contributed by atoms with Gasteiger partial charge in [-0.3, -0.25) is 4.79 Å². The number of hydrogen-bond acceptors (Lipinski definition) is 3. The molecule has 3 nitrogen and oxygen atoms in total. The van der Waals surface area contributed by atoms with Crippen molar-refractivity contribution < 1.29 is 13.6 Å². The maximum absolute atomic E-state index is 12.0. The Hall–Kier alpha value is -0.136. The molecule has 1 rings (SSSR count). The SMILES string of the molecule is CCC1(CC)CCC([Si]OC(=O)C(C)C[Si]OC(C)C)CC1. The quantitative estimate of drug-likeness (QED) is 0.583. The van der Waals surface area contributed by atoms with Crippen LogP contribution in [0.4, 0.5) is 0 Å². The van der Waals surface area contributed by atoms with Gasteiger partial charge in [-0.2, -0.15) is 0 Å². The highest BCUT2D eigenvalue weighted by Gasteiger charge is 2.33. The van der Waals surface area contributed by atoms with Crippen molar-refractivity contribution in [3.63, 3.8) is 0 Å². The van der Waals surface area contributed by atoms with Crippen LogP contribution in [0.2, 0.25) is 11.6 Å². The summed E-state index contributed by atoms with van der Waals surface area (Å²) < 4.78 is 11.1. The molecule has 1 fully saturated rings. The number of carbonyl (C=O) groups is 1. The molecule has 0 amide bonds. The molecule has 0 aliphatic heterocycles. The standard InChI is InChI=1S/C17H32O3Si2/c1-6-17(7-2)10-8-15(9-11-17)22-20-16(18)14(5)12-21-19-13(3)4/h13-15H,6-12H2,1-5H3. The molecule has 0 aromatic rings. The molecule has 1 aliphatic carbocycles. The molecular weight excluding hydrogens is 308 g/mol. The van der Waals surface area contributed by atoms with Gasteiger partial charge in [0.05, 0.1) is 5.92 Å². The van der Waals surface area contributed by atoms with Crippen LogP contribution in [-0.2, 0) is 13.6 Å². The van der Waals surface area contributed by atoms with E-state index in [9.17, 15) is 4.79 Å². The van der Waals surface area contributed by atoms with E-state index in [0.29, 0.717) is 30.5 Å². The molecule has 0 bridgehead atoms. The maximum atomic E-state index is 12.0. The van der Waals surface area contributed by atoms with E-state index in [1.165, 1.54) is 38.5 Å². The minimum atomic E-state index is -0.0430. The lowest BCUT2D eigenvalue weighted by Crippen LogP contribution is -2.28. The summed E-state index contributed by atoms with van der Waals surface area (Å²) in [6.45, 7) is 10.6. The van der Waals surface area contributed by atoms with E-state index in [0.717, 1.165) is 6.04 Å². The minimum Gasteiger partial charge on any atom is -0.516 e. The highest BCUT2D eigenvalue weighted by atomic mass is 28.2. The highest BCUT2D eigenvalue weighted by molar-refractivity contribution is 6.33. The van der Waals surface area contributed by atoms with Gasteiger partial charge >= 0.3 is 9.76 Å². The Morgan fingerprint density at radius 2 is 1.77 bits per heavy atom. The summed E-state index contributed by atoms with van der Waals surface area (Å²) in [7, 11) is 0.737. The molecule has 0 aromatic carbocycles. The third-order valence-corrected chi connectivity index (χ3v) is 7.63. The first-order valence-electron chi connectivity index (χ1n) is 8.77. The molecule has 1 unspecified atom stereocenters. The molecule has 0 heterocycles. The van der Waals surface area contributed by atoms with E-state index in [-0.39, 0.29) is 18.0 Å². The molecule has 0 N–H and O–H groups in total. The molecule has 1 aliphatic rings. The Morgan fingerprint density at radius 1 is 1.18 bits per heavy atom. The molecule has 0 spiro atoms. The average molecular weight is 341 g/mol. The smallest absolute Gasteiger partial charge is 0.318 e. The van der Waals surface area contributed by atoms with Gasteiger partial charge < -0.3 is 8.85 Å². The predicted molar refractivity (Wildman–Crippen MR) is 93.0 cm³/mol. The van der Waals surface area contributed by atoms with E-state index in [1.807, 2.05) is 20.8 Å². The molecule has 1 atom stereocenters. The van der Waals surface area contributed by atoms with Crippen molar-refractivity contribution in [1.29, 1.82) is 0 Å². The third-order valence-electron chi connectivity index (χ3n) is 4.98. The van der Waals surface area contributed by atoms with Gasteiger partial charge in [-0.1, -0.05) is 33.6 Å². The van der Waals surface area contributed by atoms with Crippen molar-refractivity contribution in [3.8, 4) is 0 Å². The van der Waals surface area contributed by atoms with Gasteiger partial charge in [0.25, 0.3) is 5.97 Å². The Bertz CT molecular complexity index is 320. The van der Waals surface area contributed by atoms with Crippen LogP contribution in [-0.4, -0.2) is 31.6 Å². The van der Waals surface area contributed by atoms with Crippen LogP contribution in [0.5, 0.6) is 0 Å². The first kappa shape index (κ1) is 19.9. The number of hydrogen-bond donors (Lipinski definition) is 0. The van der Waals surface area contributed by atoms with Crippen molar-refractivity contribution in [2.75, 3.05) is 0 Å². The van der Waals surface area contributed by atoms with E-state index in [4.69, 9.17) is 8.85 Å². The fraction of sp³-hybridized carbons (Fsp3) is 0.941. The molecule has 0 aromatic heterocycles. The average Bonchev–Trinajstić information content (AvgIpc) is 2.52. The van der Waals surface area contributed by atoms with Crippen LogP contribution in [0.3, 0.4) is 0 Å². The summed E-state index contributed by atoms with van der Waals surface area (Å²) in [6, 6.07) is 0.779. The molecule has 22 heavy (non-hydrogen) atoms. The lowest BCUT2D eigenvalue weighted by Gasteiger charge is -2.38. The van der Waals surface area contributed by atoms with Crippen LogP contribution >= 0.6 is 0 Å². The fourth-order valence-electron chi connectivity index (χ4n) is 2.97. The topological polar surface area (TPSA) is 35.5 Å².